The average molecular weight is 379 g/mol. The fourth-order valence-corrected chi connectivity index (χ4v) is 4.55. The number of anilines is 1. The summed E-state index contributed by atoms with van der Waals surface area (Å²) >= 11 is 9.72. The first-order chi connectivity index (χ1) is 11.6. The highest BCUT2D eigenvalue weighted by Gasteiger charge is 2.17. The van der Waals surface area contributed by atoms with Gasteiger partial charge in [-0.25, -0.2) is 4.98 Å². The minimum absolute atomic E-state index is 0.731. The van der Waals surface area contributed by atoms with E-state index >= 15 is 0 Å². The summed E-state index contributed by atoms with van der Waals surface area (Å²) in [6.45, 7) is 8.75. The summed E-state index contributed by atoms with van der Waals surface area (Å²) in [5.41, 5.74) is 2.95. The van der Waals surface area contributed by atoms with E-state index in [1.807, 2.05) is 27.7 Å². The standard InChI is InChI=1S/C15H13ClN4S2.C2H6/c1-7-10-12-13(22-15(10)18-8(2)11(7)16)14(20-19-12)17-6-9-4-3-5-21-9;1-2/h3-5H,6H2,1-2H3,(H2,17,19,20);1-2H3. The number of fused-ring (bicyclic) bond motifs is 3. The number of hydrogen-bond acceptors (Lipinski definition) is 5. The molecule has 4 nitrogen and oxygen atoms in total. The minimum Gasteiger partial charge on any atom is -0.363 e. The van der Waals surface area contributed by atoms with Gasteiger partial charge in [-0.1, -0.05) is 31.5 Å². The van der Waals surface area contributed by atoms with E-state index in [-0.39, 0.29) is 0 Å². The number of aryl methyl sites for hydroxylation is 2. The second kappa shape index (κ2) is 7.09. The van der Waals surface area contributed by atoms with Gasteiger partial charge in [-0.2, -0.15) is 5.10 Å². The van der Waals surface area contributed by atoms with Gasteiger partial charge in [0.2, 0.25) is 0 Å². The smallest absolute Gasteiger partial charge is 0.166 e. The summed E-state index contributed by atoms with van der Waals surface area (Å²) in [5.74, 6) is 0.875. The predicted molar refractivity (Wildman–Crippen MR) is 107 cm³/mol. The second-order valence-electron chi connectivity index (χ2n) is 5.13. The molecule has 0 aromatic carbocycles. The van der Waals surface area contributed by atoms with Crippen molar-refractivity contribution in [1.82, 2.24) is 15.2 Å². The summed E-state index contributed by atoms with van der Waals surface area (Å²) in [6.07, 6.45) is 0. The highest BCUT2D eigenvalue weighted by atomic mass is 35.5. The third kappa shape index (κ3) is 2.90. The Morgan fingerprint density at radius 3 is 2.79 bits per heavy atom. The van der Waals surface area contributed by atoms with Crippen LogP contribution in [-0.4, -0.2) is 15.2 Å². The predicted octanol–water partition coefficient (Wildman–Crippen LogP) is 6.14. The van der Waals surface area contributed by atoms with Gasteiger partial charge in [0.15, 0.2) is 5.82 Å². The average Bonchev–Trinajstić information content (AvgIpc) is 3.29. The fourth-order valence-electron chi connectivity index (χ4n) is 2.57. The third-order valence-electron chi connectivity index (χ3n) is 3.69. The molecule has 0 spiro atoms. The zero-order valence-corrected chi connectivity index (χ0v) is 16.4. The molecular formula is C17H19ClN4S2. The molecule has 0 fully saturated rings. The highest BCUT2D eigenvalue weighted by molar-refractivity contribution is 7.26. The van der Waals surface area contributed by atoms with Crippen molar-refractivity contribution in [2.24, 2.45) is 0 Å². The van der Waals surface area contributed by atoms with Crippen LogP contribution in [0.4, 0.5) is 5.82 Å². The largest absolute Gasteiger partial charge is 0.363 e. The number of pyridine rings is 1. The second-order valence-corrected chi connectivity index (χ2v) is 7.54. The number of nitrogens with one attached hydrogen (secondary N) is 2. The molecule has 4 heterocycles. The summed E-state index contributed by atoms with van der Waals surface area (Å²) < 4.78 is 1.10. The summed E-state index contributed by atoms with van der Waals surface area (Å²) in [4.78, 5) is 6.89. The van der Waals surface area contributed by atoms with Crippen LogP contribution in [0.3, 0.4) is 0 Å². The molecule has 0 aliphatic carbocycles. The molecule has 0 radical (unpaired) electrons. The molecule has 7 heteroatoms. The molecule has 0 aliphatic rings. The number of rotatable bonds is 3. The van der Waals surface area contributed by atoms with Crippen molar-refractivity contribution in [2.75, 3.05) is 5.32 Å². The minimum atomic E-state index is 0.731. The van der Waals surface area contributed by atoms with E-state index in [1.165, 1.54) is 4.88 Å². The maximum absolute atomic E-state index is 6.34. The Labute approximate surface area is 153 Å². The number of aromatic amines is 1. The van der Waals surface area contributed by atoms with E-state index in [0.717, 1.165) is 49.1 Å². The Kier molecular flexibility index (Phi) is 5.08. The molecule has 4 aromatic heterocycles. The number of hydrogen-bond donors (Lipinski definition) is 2. The number of thiophene rings is 2. The molecule has 4 rings (SSSR count). The van der Waals surface area contributed by atoms with Crippen LogP contribution in [0.2, 0.25) is 5.02 Å². The van der Waals surface area contributed by atoms with Crippen LogP contribution in [0.1, 0.15) is 30.0 Å². The highest BCUT2D eigenvalue weighted by Crippen LogP contribution is 2.39. The zero-order valence-electron chi connectivity index (χ0n) is 14.0. The van der Waals surface area contributed by atoms with Gasteiger partial charge in [0.1, 0.15) is 4.83 Å². The molecular weight excluding hydrogens is 360 g/mol. The van der Waals surface area contributed by atoms with Crippen LogP contribution < -0.4 is 5.32 Å². The van der Waals surface area contributed by atoms with E-state index in [9.17, 15) is 0 Å². The molecule has 24 heavy (non-hydrogen) atoms. The lowest BCUT2D eigenvalue weighted by atomic mass is 10.1. The van der Waals surface area contributed by atoms with Crippen molar-refractivity contribution >= 4 is 60.5 Å². The number of nitrogens with zero attached hydrogens (tertiary/aromatic N) is 2. The Morgan fingerprint density at radius 2 is 2.08 bits per heavy atom. The van der Waals surface area contributed by atoms with Gasteiger partial charge in [0.25, 0.3) is 0 Å². The van der Waals surface area contributed by atoms with E-state index in [2.05, 4.69) is 38.0 Å². The molecule has 2 N–H and O–H groups in total. The van der Waals surface area contributed by atoms with Crippen LogP contribution in [0, 0.1) is 13.8 Å². The first-order valence-electron chi connectivity index (χ1n) is 7.84. The first kappa shape index (κ1) is 17.2. The van der Waals surface area contributed by atoms with Gasteiger partial charge < -0.3 is 5.32 Å². The monoisotopic (exact) mass is 378 g/mol. The SMILES string of the molecule is CC.Cc1nc2sc3c(NCc4cccs4)n[nH]c3c2c(C)c1Cl. The van der Waals surface area contributed by atoms with Crippen LogP contribution in [0.5, 0.6) is 0 Å². The van der Waals surface area contributed by atoms with Gasteiger partial charge in [-0.3, -0.25) is 5.10 Å². The summed E-state index contributed by atoms with van der Waals surface area (Å²) in [7, 11) is 0. The van der Waals surface area contributed by atoms with Crippen molar-refractivity contribution in [3.8, 4) is 0 Å². The van der Waals surface area contributed by atoms with E-state index in [0.29, 0.717) is 0 Å². The topological polar surface area (TPSA) is 53.6 Å². The number of H-pyrrole nitrogens is 1. The molecule has 0 saturated carbocycles. The molecule has 0 aliphatic heterocycles. The molecule has 0 amide bonds. The lowest BCUT2D eigenvalue weighted by Crippen LogP contribution is -1.97. The van der Waals surface area contributed by atoms with Crippen molar-refractivity contribution in [1.29, 1.82) is 0 Å². The summed E-state index contributed by atoms with van der Waals surface area (Å²) in [5, 5.41) is 14.8. The van der Waals surface area contributed by atoms with Crippen LogP contribution in [0.15, 0.2) is 17.5 Å². The summed E-state index contributed by atoms with van der Waals surface area (Å²) in [6, 6.07) is 4.17. The Balaban J connectivity index is 0.000000815. The Morgan fingerprint density at radius 1 is 1.29 bits per heavy atom. The first-order valence-corrected chi connectivity index (χ1v) is 9.92. The van der Waals surface area contributed by atoms with Gasteiger partial charge in [-0.05, 0) is 30.9 Å². The van der Waals surface area contributed by atoms with E-state index in [1.54, 1.807) is 22.7 Å². The lowest BCUT2D eigenvalue weighted by molar-refractivity contribution is 1.08. The maximum Gasteiger partial charge on any atom is 0.166 e. The Hall–Kier alpha value is -1.63. The quantitative estimate of drug-likeness (QED) is 0.450. The number of halogens is 1. The van der Waals surface area contributed by atoms with E-state index < -0.39 is 0 Å². The van der Waals surface area contributed by atoms with Crippen molar-refractivity contribution in [2.45, 2.75) is 34.2 Å². The molecule has 0 atom stereocenters. The van der Waals surface area contributed by atoms with Crippen molar-refractivity contribution in [3.05, 3.63) is 38.7 Å². The zero-order chi connectivity index (χ0) is 17.3. The third-order valence-corrected chi connectivity index (χ3v) is 6.21. The molecule has 0 saturated heterocycles. The van der Waals surface area contributed by atoms with Gasteiger partial charge >= 0.3 is 0 Å². The normalized spacial score (nSPS) is 10.9. The molecule has 126 valence electrons. The molecule has 0 bridgehead atoms. The Bertz CT molecular complexity index is 970. The maximum atomic E-state index is 6.34. The lowest BCUT2D eigenvalue weighted by Gasteiger charge is -2.02. The molecule has 0 unspecified atom stereocenters. The van der Waals surface area contributed by atoms with Gasteiger partial charge in [-0.15, -0.1) is 22.7 Å². The van der Waals surface area contributed by atoms with Crippen molar-refractivity contribution in [3.63, 3.8) is 0 Å². The van der Waals surface area contributed by atoms with Gasteiger partial charge in [0.05, 0.1) is 27.5 Å². The van der Waals surface area contributed by atoms with Crippen LogP contribution in [-0.2, 0) is 6.54 Å². The van der Waals surface area contributed by atoms with Crippen LogP contribution in [0.25, 0.3) is 20.4 Å². The number of aromatic nitrogens is 3. The van der Waals surface area contributed by atoms with Crippen LogP contribution >= 0.6 is 34.3 Å². The van der Waals surface area contributed by atoms with E-state index in [4.69, 9.17) is 11.6 Å². The fraction of sp³-hybridized carbons (Fsp3) is 0.294. The molecule has 4 aromatic rings. The van der Waals surface area contributed by atoms with Crippen molar-refractivity contribution < 1.29 is 0 Å². The van der Waals surface area contributed by atoms with Gasteiger partial charge in [0, 0.05) is 10.3 Å².